The van der Waals surface area contributed by atoms with E-state index < -0.39 is 10.0 Å². The third-order valence-electron chi connectivity index (χ3n) is 2.89. The molecule has 0 unspecified atom stereocenters. The van der Waals surface area contributed by atoms with Crippen molar-refractivity contribution in [3.63, 3.8) is 0 Å². The molecule has 0 heterocycles. The number of benzene rings is 1. The summed E-state index contributed by atoms with van der Waals surface area (Å²) in [6.07, 6.45) is 2.85. The van der Waals surface area contributed by atoms with E-state index >= 15 is 0 Å². The molecule has 6 heteroatoms. The van der Waals surface area contributed by atoms with Crippen LogP contribution in [-0.2, 0) is 16.4 Å². The van der Waals surface area contributed by atoms with Crippen molar-refractivity contribution in [2.45, 2.75) is 37.5 Å². The minimum atomic E-state index is -3.51. The van der Waals surface area contributed by atoms with E-state index in [0.717, 1.165) is 12.0 Å². The second-order valence-electron chi connectivity index (χ2n) is 4.40. The Morgan fingerprint density at radius 3 is 2.63 bits per heavy atom. The number of nitrogens with two attached hydrogens (primary N) is 1. The zero-order valence-corrected chi connectivity index (χ0v) is 12.0. The summed E-state index contributed by atoms with van der Waals surface area (Å²) in [6.45, 7) is 2.42. The molecular formula is C13H22N2O3S. The molecule has 0 amide bonds. The van der Waals surface area contributed by atoms with Gasteiger partial charge in [-0.05, 0) is 43.4 Å². The summed E-state index contributed by atoms with van der Waals surface area (Å²) in [5.74, 6) is 0. The zero-order chi connectivity index (χ0) is 14.3. The van der Waals surface area contributed by atoms with Crippen molar-refractivity contribution in [2.75, 3.05) is 18.9 Å². The average Bonchev–Trinajstić information content (AvgIpc) is 2.38. The van der Waals surface area contributed by atoms with Crippen molar-refractivity contribution in [3.8, 4) is 0 Å². The molecule has 108 valence electrons. The number of rotatable bonds is 8. The first-order valence-corrected chi connectivity index (χ1v) is 7.98. The third-order valence-corrected chi connectivity index (χ3v) is 4.43. The quantitative estimate of drug-likeness (QED) is 0.495. The summed E-state index contributed by atoms with van der Waals surface area (Å²) in [7, 11) is -3.51. The first kappa shape index (κ1) is 15.9. The lowest BCUT2D eigenvalue weighted by Crippen LogP contribution is -2.26. The van der Waals surface area contributed by atoms with E-state index in [-0.39, 0.29) is 11.5 Å². The minimum Gasteiger partial charge on any atom is -0.399 e. The van der Waals surface area contributed by atoms with E-state index in [4.69, 9.17) is 10.8 Å². The number of sulfonamides is 1. The van der Waals surface area contributed by atoms with E-state index in [0.29, 0.717) is 31.5 Å². The number of anilines is 1. The molecule has 0 radical (unpaired) electrons. The Morgan fingerprint density at radius 2 is 2.00 bits per heavy atom. The molecule has 0 aromatic heterocycles. The highest BCUT2D eigenvalue weighted by Crippen LogP contribution is 2.19. The lowest BCUT2D eigenvalue weighted by molar-refractivity contribution is 0.283. The summed E-state index contributed by atoms with van der Waals surface area (Å²) in [5, 5.41) is 8.65. The predicted molar refractivity (Wildman–Crippen MR) is 76.4 cm³/mol. The number of nitrogens with one attached hydrogen (secondary N) is 1. The van der Waals surface area contributed by atoms with Crippen LogP contribution < -0.4 is 10.5 Å². The topological polar surface area (TPSA) is 92.4 Å². The molecule has 1 aromatic rings. The lowest BCUT2D eigenvalue weighted by atomic mass is 10.1. The fourth-order valence-electron chi connectivity index (χ4n) is 1.81. The van der Waals surface area contributed by atoms with Crippen molar-refractivity contribution < 1.29 is 13.5 Å². The molecule has 0 atom stereocenters. The molecule has 0 aliphatic carbocycles. The van der Waals surface area contributed by atoms with Gasteiger partial charge < -0.3 is 10.8 Å². The van der Waals surface area contributed by atoms with Gasteiger partial charge in [0.25, 0.3) is 0 Å². The van der Waals surface area contributed by atoms with E-state index in [1.165, 1.54) is 6.07 Å². The zero-order valence-electron chi connectivity index (χ0n) is 11.2. The predicted octanol–water partition coefficient (Wildman–Crippen LogP) is 1.27. The van der Waals surface area contributed by atoms with Crippen molar-refractivity contribution >= 4 is 15.7 Å². The van der Waals surface area contributed by atoms with Crippen LogP contribution in [0.4, 0.5) is 5.69 Å². The van der Waals surface area contributed by atoms with E-state index in [9.17, 15) is 8.42 Å². The van der Waals surface area contributed by atoms with Crippen LogP contribution in [0, 0.1) is 0 Å². The molecule has 0 saturated heterocycles. The Balaban J connectivity index is 2.74. The van der Waals surface area contributed by atoms with Gasteiger partial charge in [0.05, 0.1) is 4.90 Å². The highest BCUT2D eigenvalue weighted by molar-refractivity contribution is 7.89. The second-order valence-corrected chi connectivity index (χ2v) is 6.14. The van der Waals surface area contributed by atoms with Crippen LogP contribution >= 0.6 is 0 Å². The van der Waals surface area contributed by atoms with Gasteiger partial charge in [0, 0.05) is 18.8 Å². The monoisotopic (exact) mass is 286 g/mol. The fraction of sp³-hybridized carbons (Fsp3) is 0.538. The van der Waals surface area contributed by atoms with Gasteiger partial charge in [-0.15, -0.1) is 0 Å². The maximum Gasteiger partial charge on any atom is 0.240 e. The van der Waals surface area contributed by atoms with Crippen LogP contribution in [0.25, 0.3) is 0 Å². The maximum absolute atomic E-state index is 12.2. The van der Waals surface area contributed by atoms with Crippen molar-refractivity contribution in [1.29, 1.82) is 0 Å². The Morgan fingerprint density at radius 1 is 1.26 bits per heavy atom. The molecule has 1 aromatic carbocycles. The van der Waals surface area contributed by atoms with E-state index in [1.54, 1.807) is 12.1 Å². The summed E-state index contributed by atoms with van der Waals surface area (Å²) in [5.41, 5.74) is 6.86. The van der Waals surface area contributed by atoms with Crippen molar-refractivity contribution in [1.82, 2.24) is 4.72 Å². The molecule has 5 nitrogen and oxygen atoms in total. The first-order valence-electron chi connectivity index (χ1n) is 6.50. The average molecular weight is 286 g/mol. The SMILES string of the molecule is CCc1ccc(N)cc1S(=O)(=O)NCCCCCO. The molecule has 0 bridgehead atoms. The number of aliphatic hydroxyl groups is 1. The Hall–Kier alpha value is -1.11. The number of aliphatic hydroxyl groups excluding tert-OH is 1. The molecule has 0 spiro atoms. The van der Waals surface area contributed by atoms with Gasteiger partial charge in [-0.1, -0.05) is 13.0 Å². The molecule has 1 rings (SSSR count). The number of hydrogen-bond donors (Lipinski definition) is 3. The Kier molecular flexibility index (Phi) is 6.27. The van der Waals surface area contributed by atoms with Crippen LogP contribution in [0.3, 0.4) is 0 Å². The summed E-state index contributed by atoms with van der Waals surface area (Å²) in [4.78, 5) is 0.261. The summed E-state index contributed by atoms with van der Waals surface area (Å²) in [6, 6.07) is 4.95. The highest BCUT2D eigenvalue weighted by atomic mass is 32.2. The largest absolute Gasteiger partial charge is 0.399 e. The normalized spacial score (nSPS) is 11.7. The first-order chi connectivity index (χ1) is 9.01. The van der Waals surface area contributed by atoms with Gasteiger partial charge in [0.15, 0.2) is 0 Å². The molecule has 0 aliphatic rings. The molecular weight excluding hydrogens is 264 g/mol. The molecule has 19 heavy (non-hydrogen) atoms. The molecule has 0 saturated carbocycles. The molecule has 0 fully saturated rings. The third kappa shape index (κ3) is 4.81. The number of unbranched alkanes of at least 4 members (excludes halogenated alkanes) is 2. The highest BCUT2D eigenvalue weighted by Gasteiger charge is 2.17. The van der Waals surface area contributed by atoms with E-state index in [1.807, 2.05) is 6.92 Å². The molecule has 4 N–H and O–H groups in total. The Bertz CT molecular complexity index is 501. The summed E-state index contributed by atoms with van der Waals surface area (Å²) >= 11 is 0. The standard InChI is InChI=1S/C13H22N2O3S/c1-2-11-6-7-12(14)10-13(11)19(17,18)15-8-4-3-5-9-16/h6-7,10,15-16H,2-5,8-9,14H2,1H3. The van der Waals surface area contributed by atoms with Gasteiger partial charge in [-0.25, -0.2) is 13.1 Å². The lowest BCUT2D eigenvalue weighted by Gasteiger charge is -2.11. The van der Waals surface area contributed by atoms with Gasteiger partial charge in [0.1, 0.15) is 0 Å². The van der Waals surface area contributed by atoms with Crippen molar-refractivity contribution in [3.05, 3.63) is 23.8 Å². The number of hydrogen-bond acceptors (Lipinski definition) is 4. The van der Waals surface area contributed by atoms with Gasteiger partial charge in [0.2, 0.25) is 10.0 Å². The van der Waals surface area contributed by atoms with Gasteiger partial charge in [-0.2, -0.15) is 0 Å². The number of aryl methyl sites for hydroxylation is 1. The van der Waals surface area contributed by atoms with E-state index in [2.05, 4.69) is 4.72 Å². The van der Waals surface area contributed by atoms with Crippen LogP contribution in [0.2, 0.25) is 0 Å². The van der Waals surface area contributed by atoms with Crippen molar-refractivity contribution in [2.24, 2.45) is 0 Å². The maximum atomic E-state index is 12.2. The van der Waals surface area contributed by atoms with Crippen LogP contribution in [0.1, 0.15) is 31.7 Å². The van der Waals surface area contributed by atoms with Crippen LogP contribution in [0.5, 0.6) is 0 Å². The van der Waals surface area contributed by atoms with Crippen LogP contribution in [0.15, 0.2) is 23.1 Å². The summed E-state index contributed by atoms with van der Waals surface area (Å²) < 4.78 is 26.9. The second kappa shape index (κ2) is 7.47. The molecule has 0 aliphatic heterocycles. The van der Waals surface area contributed by atoms with Gasteiger partial charge in [-0.3, -0.25) is 0 Å². The fourth-order valence-corrected chi connectivity index (χ4v) is 3.23. The minimum absolute atomic E-state index is 0.141. The smallest absolute Gasteiger partial charge is 0.240 e. The number of nitrogen functional groups attached to an aromatic ring is 1. The van der Waals surface area contributed by atoms with Gasteiger partial charge >= 0.3 is 0 Å². The Labute approximate surface area is 114 Å². The van der Waals surface area contributed by atoms with Crippen LogP contribution in [-0.4, -0.2) is 26.7 Å².